The van der Waals surface area contributed by atoms with Gasteiger partial charge in [-0.1, -0.05) is 12.8 Å². The fourth-order valence-corrected chi connectivity index (χ4v) is 3.43. The number of nitrogens with one attached hydrogen (secondary N) is 2. The Labute approximate surface area is 178 Å². The van der Waals surface area contributed by atoms with Gasteiger partial charge in [-0.2, -0.15) is 0 Å². The number of carbonyl (C=O) groups is 1. The second kappa shape index (κ2) is 13.0. The summed E-state index contributed by atoms with van der Waals surface area (Å²) in [5.74, 6) is 1.61. The fourth-order valence-electron chi connectivity index (χ4n) is 3.43. The van der Waals surface area contributed by atoms with E-state index in [1.165, 1.54) is 25.7 Å². The van der Waals surface area contributed by atoms with Gasteiger partial charge in [-0.05, 0) is 51.2 Å². The molecule has 1 aliphatic carbocycles. The summed E-state index contributed by atoms with van der Waals surface area (Å²) < 4.78 is 11.3. The van der Waals surface area contributed by atoms with Gasteiger partial charge in [-0.25, -0.2) is 4.99 Å². The van der Waals surface area contributed by atoms with Crippen LogP contribution in [0.5, 0.6) is 0 Å². The van der Waals surface area contributed by atoms with Crippen LogP contribution in [0.3, 0.4) is 0 Å². The SMILES string of the molecule is CCNC(=NCc1ccc(C(N)=O)o1)NCCC(OCC)C1CCCC1.I. The van der Waals surface area contributed by atoms with Gasteiger partial charge >= 0.3 is 0 Å². The Morgan fingerprint density at radius 1 is 1.33 bits per heavy atom. The lowest BCUT2D eigenvalue weighted by Gasteiger charge is -2.24. The van der Waals surface area contributed by atoms with Gasteiger partial charge in [0.2, 0.25) is 0 Å². The quantitative estimate of drug-likeness (QED) is 0.265. The zero-order chi connectivity index (χ0) is 18.8. The second-order valence-corrected chi connectivity index (χ2v) is 6.58. The predicted molar refractivity (Wildman–Crippen MR) is 117 cm³/mol. The third-order valence-electron chi connectivity index (χ3n) is 4.67. The zero-order valence-corrected chi connectivity index (χ0v) is 18.7. The normalized spacial score (nSPS) is 16.0. The van der Waals surface area contributed by atoms with E-state index in [1.807, 2.05) is 6.92 Å². The fraction of sp³-hybridized carbons (Fsp3) is 0.684. The van der Waals surface area contributed by atoms with E-state index in [1.54, 1.807) is 12.1 Å². The van der Waals surface area contributed by atoms with Crippen LogP contribution < -0.4 is 16.4 Å². The van der Waals surface area contributed by atoms with Crippen LogP contribution in [0.4, 0.5) is 0 Å². The van der Waals surface area contributed by atoms with E-state index in [0.717, 1.165) is 32.1 Å². The number of halogens is 1. The molecule has 1 heterocycles. The van der Waals surface area contributed by atoms with Crippen molar-refractivity contribution < 1.29 is 13.9 Å². The zero-order valence-electron chi connectivity index (χ0n) is 16.3. The average molecular weight is 492 g/mol. The molecule has 4 N–H and O–H groups in total. The molecule has 2 rings (SSSR count). The number of hydrogen-bond donors (Lipinski definition) is 3. The molecule has 0 spiro atoms. The first-order valence-corrected chi connectivity index (χ1v) is 9.66. The number of furan rings is 1. The Balaban J connectivity index is 0.00000364. The standard InChI is InChI=1S/C19H32N4O3.HI/c1-3-21-19(23-13-15-9-10-17(26-15)18(20)24)22-12-11-16(25-4-2)14-7-5-6-8-14;/h9-10,14,16H,3-8,11-13H2,1-2H3,(H2,20,24)(H2,21,22,23);1H. The summed E-state index contributed by atoms with van der Waals surface area (Å²) >= 11 is 0. The van der Waals surface area contributed by atoms with Crippen LogP contribution in [0.25, 0.3) is 0 Å². The molecule has 8 heteroatoms. The summed E-state index contributed by atoms with van der Waals surface area (Å²) in [7, 11) is 0. The summed E-state index contributed by atoms with van der Waals surface area (Å²) in [6.07, 6.45) is 6.49. The van der Waals surface area contributed by atoms with E-state index in [9.17, 15) is 4.79 Å². The van der Waals surface area contributed by atoms with Crippen molar-refractivity contribution in [3.8, 4) is 0 Å². The molecule has 1 saturated carbocycles. The largest absolute Gasteiger partial charge is 0.454 e. The Kier molecular flexibility index (Phi) is 11.4. The van der Waals surface area contributed by atoms with E-state index in [4.69, 9.17) is 14.9 Å². The van der Waals surface area contributed by atoms with Crippen LogP contribution in [0.15, 0.2) is 21.5 Å². The van der Waals surface area contributed by atoms with Crippen molar-refractivity contribution in [1.29, 1.82) is 0 Å². The van der Waals surface area contributed by atoms with Gasteiger partial charge in [0.1, 0.15) is 12.3 Å². The molecule has 1 fully saturated rings. The Morgan fingerprint density at radius 3 is 2.67 bits per heavy atom. The first-order valence-electron chi connectivity index (χ1n) is 9.66. The Hall–Kier alpha value is -1.29. The molecular weight excluding hydrogens is 459 g/mol. The lowest BCUT2D eigenvalue weighted by Crippen LogP contribution is -2.39. The maximum atomic E-state index is 11.1. The Bertz CT molecular complexity index is 585. The number of ether oxygens (including phenoxy) is 1. The van der Waals surface area contributed by atoms with Gasteiger partial charge in [-0.15, -0.1) is 24.0 Å². The highest BCUT2D eigenvalue weighted by Crippen LogP contribution is 2.30. The van der Waals surface area contributed by atoms with Crippen LogP contribution in [0, 0.1) is 5.92 Å². The molecule has 1 amide bonds. The molecule has 0 aliphatic heterocycles. The highest BCUT2D eigenvalue weighted by molar-refractivity contribution is 14.0. The average Bonchev–Trinajstić information content (AvgIpc) is 3.30. The maximum absolute atomic E-state index is 11.1. The summed E-state index contributed by atoms with van der Waals surface area (Å²) in [5.41, 5.74) is 5.20. The Morgan fingerprint density at radius 2 is 2.07 bits per heavy atom. The monoisotopic (exact) mass is 492 g/mol. The molecule has 1 aromatic heterocycles. The van der Waals surface area contributed by atoms with E-state index in [0.29, 0.717) is 24.3 Å². The first kappa shape index (κ1) is 23.7. The van der Waals surface area contributed by atoms with Gasteiger partial charge in [-0.3, -0.25) is 4.79 Å². The molecular formula is C19H33IN4O3. The van der Waals surface area contributed by atoms with Gasteiger partial charge in [0, 0.05) is 19.7 Å². The third kappa shape index (κ3) is 8.08. The summed E-state index contributed by atoms with van der Waals surface area (Å²) in [4.78, 5) is 15.6. The van der Waals surface area contributed by atoms with Crippen LogP contribution in [-0.2, 0) is 11.3 Å². The molecule has 1 aromatic rings. The number of primary amides is 1. The van der Waals surface area contributed by atoms with Crippen molar-refractivity contribution in [3.63, 3.8) is 0 Å². The molecule has 0 radical (unpaired) electrons. The van der Waals surface area contributed by atoms with Crippen LogP contribution in [0.1, 0.15) is 62.3 Å². The second-order valence-electron chi connectivity index (χ2n) is 6.58. The minimum absolute atomic E-state index is 0. The predicted octanol–water partition coefficient (Wildman–Crippen LogP) is 3.04. The molecule has 27 heavy (non-hydrogen) atoms. The molecule has 154 valence electrons. The minimum atomic E-state index is -0.570. The van der Waals surface area contributed by atoms with Crippen LogP contribution in [-0.4, -0.2) is 37.7 Å². The van der Waals surface area contributed by atoms with Gasteiger partial charge in [0.15, 0.2) is 11.7 Å². The topological polar surface area (TPSA) is 102 Å². The van der Waals surface area contributed by atoms with Crippen LogP contribution >= 0.6 is 24.0 Å². The van der Waals surface area contributed by atoms with E-state index in [-0.39, 0.29) is 29.7 Å². The van der Waals surface area contributed by atoms with Crippen molar-refractivity contribution >= 4 is 35.8 Å². The summed E-state index contributed by atoms with van der Waals surface area (Å²) in [6.45, 7) is 6.77. The number of rotatable bonds is 10. The third-order valence-corrected chi connectivity index (χ3v) is 4.67. The number of carbonyl (C=O) groups excluding carboxylic acids is 1. The summed E-state index contributed by atoms with van der Waals surface area (Å²) in [6, 6.07) is 3.29. The number of aliphatic imine (C=N–C) groups is 1. The molecule has 1 atom stereocenters. The number of amides is 1. The molecule has 0 aromatic carbocycles. The van der Waals surface area contributed by atoms with Crippen LogP contribution in [0.2, 0.25) is 0 Å². The molecule has 7 nitrogen and oxygen atoms in total. The lowest BCUT2D eigenvalue weighted by molar-refractivity contribution is 0.0169. The molecule has 1 unspecified atom stereocenters. The first-order chi connectivity index (χ1) is 12.6. The highest BCUT2D eigenvalue weighted by Gasteiger charge is 2.25. The van der Waals surface area contributed by atoms with Gasteiger partial charge in [0.25, 0.3) is 5.91 Å². The number of nitrogens with two attached hydrogens (primary N) is 1. The minimum Gasteiger partial charge on any atom is -0.454 e. The van der Waals surface area contributed by atoms with Crippen molar-refractivity contribution in [1.82, 2.24) is 10.6 Å². The molecule has 0 saturated heterocycles. The van der Waals surface area contributed by atoms with E-state index in [2.05, 4.69) is 22.5 Å². The molecule has 0 bridgehead atoms. The smallest absolute Gasteiger partial charge is 0.284 e. The number of guanidine groups is 1. The van der Waals surface area contributed by atoms with Gasteiger partial charge < -0.3 is 25.5 Å². The number of hydrogen-bond acceptors (Lipinski definition) is 4. The molecule has 1 aliphatic rings. The van der Waals surface area contributed by atoms with E-state index >= 15 is 0 Å². The number of nitrogens with zero attached hydrogens (tertiary/aromatic N) is 1. The maximum Gasteiger partial charge on any atom is 0.284 e. The lowest BCUT2D eigenvalue weighted by atomic mass is 9.98. The van der Waals surface area contributed by atoms with Crippen molar-refractivity contribution in [2.45, 2.75) is 58.6 Å². The van der Waals surface area contributed by atoms with Crippen molar-refractivity contribution in [2.75, 3.05) is 19.7 Å². The van der Waals surface area contributed by atoms with Crippen molar-refractivity contribution in [2.24, 2.45) is 16.6 Å². The van der Waals surface area contributed by atoms with Crippen molar-refractivity contribution in [3.05, 3.63) is 23.7 Å². The highest BCUT2D eigenvalue weighted by atomic mass is 127. The van der Waals surface area contributed by atoms with Gasteiger partial charge in [0.05, 0.1) is 6.10 Å². The van der Waals surface area contributed by atoms with E-state index < -0.39 is 5.91 Å². The summed E-state index contributed by atoms with van der Waals surface area (Å²) in [5, 5.41) is 6.58.